The Morgan fingerprint density at radius 2 is 1.74 bits per heavy atom. The predicted molar refractivity (Wildman–Crippen MR) is 100 cm³/mol. The number of nitrogens with one attached hydrogen (secondary N) is 1. The highest BCUT2D eigenvalue weighted by atomic mass is 19.1. The van der Waals surface area contributed by atoms with Gasteiger partial charge in [-0.25, -0.2) is 4.39 Å². The summed E-state index contributed by atoms with van der Waals surface area (Å²) in [7, 11) is 0. The van der Waals surface area contributed by atoms with E-state index in [0.717, 1.165) is 5.56 Å². The molecule has 0 aromatic heterocycles. The summed E-state index contributed by atoms with van der Waals surface area (Å²) in [5.41, 5.74) is 0.418. The average molecular weight is 376 g/mol. The number of benzene rings is 1. The minimum absolute atomic E-state index is 0.0145. The predicted octanol–water partition coefficient (Wildman–Crippen LogP) is 2.84. The quantitative estimate of drug-likeness (QED) is 0.879. The molecule has 2 aliphatic heterocycles. The fraction of sp³-hybridized carbons (Fsp3) is 0.619. The number of halogens is 1. The van der Waals surface area contributed by atoms with Crippen molar-refractivity contribution in [2.75, 3.05) is 26.3 Å². The highest BCUT2D eigenvalue weighted by Gasteiger charge is 2.38. The normalized spacial score (nSPS) is 20.5. The van der Waals surface area contributed by atoms with Gasteiger partial charge in [0.15, 0.2) is 0 Å². The first-order valence-corrected chi connectivity index (χ1v) is 9.86. The van der Waals surface area contributed by atoms with Crippen molar-refractivity contribution in [3.63, 3.8) is 0 Å². The third kappa shape index (κ3) is 4.49. The van der Waals surface area contributed by atoms with Crippen molar-refractivity contribution in [3.05, 3.63) is 35.6 Å². The summed E-state index contributed by atoms with van der Waals surface area (Å²) in [5.74, 6) is -0.214. The number of ether oxygens (including phenoxy) is 1. The maximum atomic E-state index is 13.3. The zero-order valence-electron chi connectivity index (χ0n) is 16.2. The molecule has 5 nitrogen and oxygen atoms in total. The van der Waals surface area contributed by atoms with Crippen molar-refractivity contribution in [1.29, 1.82) is 0 Å². The molecule has 2 aliphatic rings. The monoisotopic (exact) mass is 376 g/mol. The molecule has 2 heterocycles. The Morgan fingerprint density at radius 1 is 1.15 bits per heavy atom. The third-order valence-corrected chi connectivity index (χ3v) is 5.78. The van der Waals surface area contributed by atoms with E-state index in [1.54, 1.807) is 12.1 Å². The summed E-state index contributed by atoms with van der Waals surface area (Å²) in [6, 6.07) is 6.39. The van der Waals surface area contributed by atoms with Crippen molar-refractivity contribution >= 4 is 11.8 Å². The van der Waals surface area contributed by atoms with E-state index < -0.39 is 5.54 Å². The number of nitrogens with zero attached hydrogens (tertiary/aromatic N) is 1. The standard InChI is InChI=1S/C21H29FN2O3/c1-15(2)20(26)24-11-7-16(8-12-24)19(25)23-21(9-13-27-14-10-21)17-3-5-18(22)6-4-17/h3-6,15-16H,7-14H2,1-2H3,(H,23,25). The number of hydrogen-bond donors (Lipinski definition) is 1. The van der Waals surface area contributed by atoms with Gasteiger partial charge in [-0.15, -0.1) is 0 Å². The smallest absolute Gasteiger partial charge is 0.225 e. The minimum Gasteiger partial charge on any atom is -0.381 e. The average Bonchev–Trinajstić information content (AvgIpc) is 2.68. The van der Waals surface area contributed by atoms with Gasteiger partial charge in [0.1, 0.15) is 5.82 Å². The van der Waals surface area contributed by atoms with Gasteiger partial charge in [0.25, 0.3) is 0 Å². The second-order valence-electron chi connectivity index (χ2n) is 7.94. The summed E-state index contributed by atoms with van der Waals surface area (Å²) in [6.45, 7) is 6.19. The molecule has 2 saturated heterocycles. The highest BCUT2D eigenvalue weighted by molar-refractivity contribution is 5.81. The first-order chi connectivity index (χ1) is 12.9. The highest BCUT2D eigenvalue weighted by Crippen LogP contribution is 2.33. The molecular weight excluding hydrogens is 347 g/mol. The molecule has 0 aliphatic carbocycles. The number of amides is 2. The van der Waals surface area contributed by atoms with Crippen LogP contribution in [0.1, 0.15) is 45.1 Å². The maximum Gasteiger partial charge on any atom is 0.225 e. The van der Waals surface area contributed by atoms with Crippen LogP contribution in [0, 0.1) is 17.7 Å². The van der Waals surface area contributed by atoms with Crippen LogP contribution in [-0.4, -0.2) is 43.0 Å². The molecule has 1 N–H and O–H groups in total. The molecule has 3 rings (SSSR count). The topological polar surface area (TPSA) is 58.6 Å². The molecule has 0 unspecified atom stereocenters. The van der Waals surface area contributed by atoms with Crippen LogP contribution >= 0.6 is 0 Å². The molecule has 6 heteroatoms. The van der Waals surface area contributed by atoms with E-state index in [-0.39, 0.29) is 29.5 Å². The van der Waals surface area contributed by atoms with Crippen LogP contribution < -0.4 is 5.32 Å². The summed E-state index contributed by atoms with van der Waals surface area (Å²) in [6.07, 6.45) is 2.71. The van der Waals surface area contributed by atoms with Gasteiger partial charge in [-0.05, 0) is 43.4 Å². The van der Waals surface area contributed by atoms with Crippen LogP contribution in [-0.2, 0) is 19.9 Å². The third-order valence-electron chi connectivity index (χ3n) is 5.78. The van der Waals surface area contributed by atoms with Crippen LogP contribution in [0.4, 0.5) is 4.39 Å². The Labute approximate surface area is 160 Å². The summed E-state index contributed by atoms with van der Waals surface area (Å²) in [4.78, 5) is 27.0. The molecule has 2 fully saturated rings. The second kappa shape index (κ2) is 8.38. The van der Waals surface area contributed by atoms with Crippen LogP contribution in [0.15, 0.2) is 24.3 Å². The number of rotatable bonds is 4. The Bertz CT molecular complexity index is 661. The van der Waals surface area contributed by atoms with Crippen molar-refractivity contribution in [2.24, 2.45) is 11.8 Å². The zero-order valence-corrected chi connectivity index (χ0v) is 16.2. The molecule has 148 valence electrons. The van der Waals surface area contributed by atoms with Crippen molar-refractivity contribution in [3.8, 4) is 0 Å². The zero-order chi connectivity index (χ0) is 19.4. The lowest BCUT2D eigenvalue weighted by atomic mass is 9.81. The van der Waals surface area contributed by atoms with Gasteiger partial charge in [0.2, 0.25) is 11.8 Å². The Hall–Kier alpha value is -1.95. The second-order valence-corrected chi connectivity index (χ2v) is 7.94. The molecule has 0 atom stereocenters. The van der Waals surface area contributed by atoms with Crippen molar-refractivity contribution in [1.82, 2.24) is 10.2 Å². The molecule has 0 spiro atoms. The number of piperidine rings is 1. The molecular formula is C21H29FN2O3. The van der Waals surface area contributed by atoms with E-state index in [9.17, 15) is 14.0 Å². The lowest BCUT2D eigenvalue weighted by Gasteiger charge is -2.40. The van der Waals surface area contributed by atoms with Crippen LogP contribution in [0.5, 0.6) is 0 Å². The SMILES string of the molecule is CC(C)C(=O)N1CCC(C(=O)NC2(c3ccc(F)cc3)CCOCC2)CC1. The molecule has 1 aromatic carbocycles. The Kier molecular flexibility index (Phi) is 6.15. The molecule has 1 aromatic rings. The van der Waals surface area contributed by atoms with Gasteiger partial charge in [0, 0.05) is 38.1 Å². The first-order valence-electron chi connectivity index (χ1n) is 9.86. The van der Waals surface area contributed by atoms with Gasteiger partial charge in [-0.1, -0.05) is 26.0 Å². The van der Waals surface area contributed by atoms with Gasteiger partial charge in [0.05, 0.1) is 5.54 Å². The van der Waals surface area contributed by atoms with Crippen molar-refractivity contribution < 1.29 is 18.7 Å². The molecule has 0 saturated carbocycles. The summed E-state index contributed by atoms with van der Waals surface area (Å²) >= 11 is 0. The van der Waals surface area contributed by atoms with E-state index in [1.165, 1.54) is 12.1 Å². The fourth-order valence-electron chi connectivity index (χ4n) is 4.04. The van der Waals surface area contributed by atoms with Crippen LogP contribution in [0.3, 0.4) is 0 Å². The number of likely N-dealkylation sites (tertiary alicyclic amines) is 1. The number of carbonyl (C=O) groups is 2. The van der Waals surface area contributed by atoms with E-state index in [1.807, 2.05) is 18.7 Å². The molecule has 0 radical (unpaired) electrons. The Balaban J connectivity index is 1.67. The van der Waals surface area contributed by atoms with E-state index >= 15 is 0 Å². The fourth-order valence-corrected chi connectivity index (χ4v) is 4.04. The van der Waals surface area contributed by atoms with Gasteiger partial charge < -0.3 is 15.0 Å². The van der Waals surface area contributed by atoms with Gasteiger partial charge in [-0.2, -0.15) is 0 Å². The lowest BCUT2D eigenvalue weighted by Crippen LogP contribution is -2.53. The molecule has 27 heavy (non-hydrogen) atoms. The maximum absolute atomic E-state index is 13.3. The van der Waals surface area contributed by atoms with Crippen LogP contribution in [0.2, 0.25) is 0 Å². The summed E-state index contributed by atoms with van der Waals surface area (Å²) < 4.78 is 18.8. The molecule has 0 bridgehead atoms. The van der Waals surface area contributed by atoms with E-state index in [2.05, 4.69) is 5.32 Å². The Morgan fingerprint density at radius 3 is 2.30 bits per heavy atom. The van der Waals surface area contributed by atoms with Gasteiger partial charge in [-0.3, -0.25) is 9.59 Å². The first kappa shape index (κ1) is 19.8. The van der Waals surface area contributed by atoms with Crippen LogP contribution in [0.25, 0.3) is 0 Å². The van der Waals surface area contributed by atoms with E-state index in [4.69, 9.17) is 4.74 Å². The minimum atomic E-state index is -0.506. The number of hydrogen-bond acceptors (Lipinski definition) is 3. The lowest BCUT2D eigenvalue weighted by molar-refractivity contribution is -0.139. The van der Waals surface area contributed by atoms with Crippen molar-refractivity contribution in [2.45, 2.75) is 45.1 Å². The molecule has 2 amide bonds. The van der Waals surface area contributed by atoms with Gasteiger partial charge >= 0.3 is 0 Å². The summed E-state index contributed by atoms with van der Waals surface area (Å²) in [5, 5.41) is 3.26. The number of carbonyl (C=O) groups excluding carboxylic acids is 2. The largest absolute Gasteiger partial charge is 0.381 e. The van der Waals surface area contributed by atoms with E-state index in [0.29, 0.717) is 52.0 Å².